The molecule has 1 saturated carbocycles. The Bertz CT molecular complexity index is 865. The van der Waals surface area contributed by atoms with Gasteiger partial charge in [-0.1, -0.05) is 17.7 Å². The predicted molar refractivity (Wildman–Crippen MR) is 78.7 cm³/mol. The second-order valence-electron chi connectivity index (χ2n) is 5.50. The molecule has 108 valence electrons. The van der Waals surface area contributed by atoms with Gasteiger partial charge in [0.1, 0.15) is 17.5 Å². The van der Waals surface area contributed by atoms with Crippen LogP contribution in [-0.4, -0.2) is 20.4 Å². The van der Waals surface area contributed by atoms with Crippen LogP contribution in [-0.2, 0) is 0 Å². The fourth-order valence-electron chi connectivity index (χ4n) is 2.42. The number of aryl methyl sites for hydroxylation is 1. The zero-order valence-corrected chi connectivity index (χ0v) is 12.0. The number of benzene rings is 1. The van der Waals surface area contributed by atoms with Gasteiger partial charge >= 0.3 is 0 Å². The van der Waals surface area contributed by atoms with E-state index in [4.69, 9.17) is 9.68 Å². The third kappa shape index (κ3) is 2.07. The Kier molecular flexibility index (Phi) is 2.79. The first kappa shape index (κ1) is 12.8. The fraction of sp³-hybridized carbons (Fsp3) is 0.250. The lowest BCUT2D eigenvalue weighted by atomic mass is 10.1. The Hall–Kier alpha value is -2.94. The Balaban J connectivity index is 1.85. The predicted octanol–water partition coefficient (Wildman–Crippen LogP) is 3.18. The summed E-state index contributed by atoms with van der Waals surface area (Å²) in [6.45, 7) is 2.04. The molecule has 0 spiro atoms. The van der Waals surface area contributed by atoms with Gasteiger partial charge in [0.05, 0.1) is 0 Å². The van der Waals surface area contributed by atoms with Crippen molar-refractivity contribution in [2.75, 3.05) is 0 Å². The molecule has 1 fully saturated rings. The zero-order valence-electron chi connectivity index (χ0n) is 12.0. The number of hydrogen-bond donors (Lipinski definition) is 1. The quantitative estimate of drug-likeness (QED) is 0.800. The molecule has 2 heterocycles. The number of nitrogens with zero attached hydrogens (tertiary/aromatic N) is 4. The number of aromatic nitrogens is 4. The summed E-state index contributed by atoms with van der Waals surface area (Å²) in [5.74, 6) is 1.73. The van der Waals surface area contributed by atoms with Crippen molar-refractivity contribution in [1.29, 1.82) is 5.26 Å². The lowest BCUT2D eigenvalue weighted by molar-refractivity contribution is 0.521. The summed E-state index contributed by atoms with van der Waals surface area (Å²) >= 11 is 0. The number of nitriles is 1. The van der Waals surface area contributed by atoms with Gasteiger partial charge in [0.25, 0.3) is 0 Å². The maximum absolute atomic E-state index is 9.14. The topological polar surface area (TPSA) is 91.4 Å². The van der Waals surface area contributed by atoms with E-state index in [1.54, 1.807) is 0 Å². The van der Waals surface area contributed by atoms with Crippen molar-refractivity contribution in [2.45, 2.75) is 25.7 Å². The largest absolute Gasteiger partial charge is 0.440 e. The van der Waals surface area contributed by atoms with Crippen LogP contribution in [0.5, 0.6) is 0 Å². The van der Waals surface area contributed by atoms with E-state index in [0.717, 1.165) is 24.2 Å². The maximum atomic E-state index is 9.14. The van der Waals surface area contributed by atoms with E-state index < -0.39 is 0 Å². The van der Waals surface area contributed by atoms with E-state index >= 15 is 0 Å². The number of hydrogen-bond acceptors (Lipinski definition) is 5. The van der Waals surface area contributed by atoms with Gasteiger partial charge in [-0.3, -0.25) is 0 Å². The average Bonchev–Trinajstić information content (AvgIpc) is 3.11. The second kappa shape index (κ2) is 4.81. The van der Waals surface area contributed by atoms with Gasteiger partial charge in [-0.25, -0.2) is 4.98 Å². The van der Waals surface area contributed by atoms with Crippen molar-refractivity contribution in [3.05, 3.63) is 41.3 Å². The van der Waals surface area contributed by atoms with Gasteiger partial charge in [-0.15, -0.1) is 5.10 Å². The first-order chi connectivity index (χ1) is 10.8. The lowest BCUT2D eigenvalue weighted by Gasteiger charge is -1.96. The van der Waals surface area contributed by atoms with Crippen LogP contribution in [0.15, 0.2) is 28.7 Å². The van der Waals surface area contributed by atoms with E-state index in [0.29, 0.717) is 23.2 Å². The molecule has 0 amide bonds. The van der Waals surface area contributed by atoms with Crippen LogP contribution in [0.3, 0.4) is 0 Å². The molecule has 6 nitrogen and oxygen atoms in total. The molecule has 3 aromatic rings. The number of rotatable bonds is 3. The van der Waals surface area contributed by atoms with Gasteiger partial charge in [-0.05, 0) is 31.9 Å². The Labute approximate surface area is 126 Å². The van der Waals surface area contributed by atoms with E-state index in [1.165, 1.54) is 5.56 Å². The fourth-order valence-corrected chi connectivity index (χ4v) is 2.42. The van der Waals surface area contributed by atoms with E-state index in [1.807, 2.05) is 37.3 Å². The van der Waals surface area contributed by atoms with Crippen LogP contribution in [0.1, 0.15) is 35.8 Å². The highest BCUT2D eigenvalue weighted by Gasteiger charge is 2.34. The maximum Gasteiger partial charge on any atom is 0.226 e. The molecule has 0 unspecified atom stereocenters. The molecule has 0 aliphatic heterocycles. The van der Waals surface area contributed by atoms with E-state index in [2.05, 4.69) is 20.4 Å². The monoisotopic (exact) mass is 291 g/mol. The number of H-pyrrole nitrogens is 1. The molecule has 22 heavy (non-hydrogen) atoms. The molecule has 0 bridgehead atoms. The van der Waals surface area contributed by atoms with Crippen LogP contribution in [0, 0.1) is 18.3 Å². The third-order valence-electron chi connectivity index (χ3n) is 3.78. The van der Waals surface area contributed by atoms with Gasteiger partial charge in [0.2, 0.25) is 5.89 Å². The number of aromatic amines is 1. The molecule has 0 radical (unpaired) electrons. The van der Waals surface area contributed by atoms with Crippen molar-refractivity contribution in [3.8, 4) is 28.9 Å². The second-order valence-corrected chi connectivity index (χ2v) is 5.50. The van der Waals surface area contributed by atoms with Gasteiger partial charge < -0.3 is 4.42 Å². The van der Waals surface area contributed by atoms with Crippen molar-refractivity contribution in [2.24, 2.45) is 0 Å². The molecule has 2 aromatic heterocycles. The molecule has 1 aliphatic rings. The van der Waals surface area contributed by atoms with Crippen molar-refractivity contribution in [3.63, 3.8) is 0 Å². The van der Waals surface area contributed by atoms with Gasteiger partial charge in [-0.2, -0.15) is 15.6 Å². The summed E-state index contributed by atoms with van der Waals surface area (Å²) in [6.07, 6.45) is 2.16. The van der Waals surface area contributed by atoms with Crippen molar-refractivity contribution >= 4 is 0 Å². The Morgan fingerprint density at radius 2 is 1.95 bits per heavy atom. The molecular formula is C16H13N5O. The van der Waals surface area contributed by atoms with Crippen LogP contribution in [0.2, 0.25) is 0 Å². The SMILES string of the molecule is Cc1ccc(-c2nc(-c3n[nH]nc3C#N)c(C3CC3)o2)cc1. The van der Waals surface area contributed by atoms with Crippen LogP contribution in [0.4, 0.5) is 0 Å². The minimum atomic E-state index is 0.241. The highest BCUT2D eigenvalue weighted by atomic mass is 16.4. The third-order valence-corrected chi connectivity index (χ3v) is 3.78. The molecule has 1 aliphatic carbocycles. The van der Waals surface area contributed by atoms with Crippen LogP contribution < -0.4 is 0 Å². The van der Waals surface area contributed by atoms with Gasteiger partial charge in [0, 0.05) is 11.5 Å². The van der Waals surface area contributed by atoms with Crippen LogP contribution >= 0.6 is 0 Å². The first-order valence-electron chi connectivity index (χ1n) is 7.15. The summed E-state index contributed by atoms with van der Waals surface area (Å²) in [7, 11) is 0. The summed E-state index contributed by atoms with van der Waals surface area (Å²) in [5.41, 5.74) is 3.43. The standard InChI is InChI=1S/C16H13N5O/c1-9-2-4-11(5-3-9)16-18-14(15(22-16)10-6-7-10)13-12(8-17)19-21-20-13/h2-5,10H,6-7H2,1H3,(H,19,20,21). The molecule has 6 heteroatoms. The normalized spacial score (nSPS) is 14.0. The molecule has 1 N–H and O–H groups in total. The van der Waals surface area contributed by atoms with E-state index in [9.17, 15) is 0 Å². The summed E-state index contributed by atoms with van der Waals surface area (Å²) in [4.78, 5) is 4.58. The highest BCUT2D eigenvalue weighted by molar-refractivity contribution is 5.67. The first-order valence-corrected chi connectivity index (χ1v) is 7.15. The zero-order chi connectivity index (χ0) is 15.1. The molecule has 0 saturated heterocycles. The average molecular weight is 291 g/mol. The number of oxazole rings is 1. The summed E-state index contributed by atoms with van der Waals surface area (Å²) < 4.78 is 5.99. The smallest absolute Gasteiger partial charge is 0.226 e. The van der Waals surface area contributed by atoms with Gasteiger partial charge in [0.15, 0.2) is 11.4 Å². The summed E-state index contributed by atoms with van der Waals surface area (Å²) in [6, 6.07) is 10.0. The summed E-state index contributed by atoms with van der Waals surface area (Å²) in [5, 5.41) is 19.5. The minimum Gasteiger partial charge on any atom is -0.440 e. The lowest BCUT2D eigenvalue weighted by Crippen LogP contribution is -1.88. The Morgan fingerprint density at radius 1 is 1.18 bits per heavy atom. The van der Waals surface area contributed by atoms with Crippen molar-refractivity contribution in [1.82, 2.24) is 20.4 Å². The van der Waals surface area contributed by atoms with Crippen LogP contribution in [0.25, 0.3) is 22.8 Å². The Morgan fingerprint density at radius 3 is 2.64 bits per heavy atom. The number of nitrogens with one attached hydrogen (secondary N) is 1. The van der Waals surface area contributed by atoms with Crippen molar-refractivity contribution < 1.29 is 4.42 Å². The molecule has 4 rings (SSSR count). The molecule has 0 atom stereocenters. The molecular weight excluding hydrogens is 278 g/mol. The highest BCUT2D eigenvalue weighted by Crippen LogP contribution is 2.45. The van der Waals surface area contributed by atoms with E-state index in [-0.39, 0.29) is 5.69 Å². The minimum absolute atomic E-state index is 0.241. The molecule has 1 aromatic carbocycles.